The van der Waals surface area contributed by atoms with Crippen molar-refractivity contribution in [2.45, 2.75) is 18.6 Å². The van der Waals surface area contributed by atoms with Gasteiger partial charge in [0.05, 0.1) is 17.7 Å². The van der Waals surface area contributed by atoms with Crippen molar-refractivity contribution in [2.75, 3.05) is 17.7 Å². The lowest BCUT2D eigenvalue weighted by atomic mass is 10.2. The molecule has 0 bridgehead atoms. The number of nitrogens with one attached hydrogen (secondary N) is 1. The normalized spacial score (nSPS) is 10.8. The van der Waals surface area contributed by atoms with Crippen LogP contribution < -0.4 is 5.32 Å². The van der Waals surface area contributed by atoms with Crippen molar-refractivity contribution in [1.29, 1.82) is 0 Å². The molecule has 1 aromatic carbocycles. The molecule has 1 amide bonds. The molecule has 4 aromatic rings. The first-order valence-electron chi connectivity index (χ1n) is 9.80. The Bertz CT molecular complexity index is 1240. The highest BCUT2D eigenvalue weighted by atomic mass is 32.2. The number of aromatic nitrogens is 4. The summed E-state index contributed by atoms with van der Waals surface area (Å²) in [5.41, 5.74) is 1.34. The molecule has 3 heterocycles. The Hall–Kier alpha value is -3.51. The summed E-state index contributed by atoms with van der Waals surface area (Å²) in [6.07, 6.45) is 1.55. The van der Waals surface area contributed by atoms with Crippen LogP contribution in [0.25, 0.3) is 22.8 Å². The van der Waals surface area contributed by atoms with Gasteiger partial charge in [0.2, 0.25) is 0 Å². The number of amides is 1. The van der Waals surface area contributed by atoms with E-state index in [1.165, 1.54) is 23.5 Å². The van der Waals surface area contributed by atoms with Gasteiger partial charge in [-0.3, -0.25) is 19.5 Å². The quantitative estimate of drug-likeness (QED) is 0.277. The number of carbonyl (C=O) groups is 2. The zero-order valence-electron chi connectivity index (χ0n) is 17.4. The van der Waals surface area contributed by atoms with Gasteiger partial charge in [0.25, 0.3) is 5.91 Å². The lowest BCUT2D eigenvalue weighted by Gasteiger charge is -2.06. The van der Waals surface area contributed by atoms with Crippen molar-refractivity contribution in [2.24, 2.45) is 0 Å². The van der Waals surface area contributed by atoms with E-state index < -0.39 is 18.5 Å². The fourth-order valence-electron chi connectivity index (χ4n) is 2.82. The van der Waals surface area contributed by atoms with Crippen LogP contribution >= 0.6 is 23.1 Å². The first-order valence-corrected chi connectivity index (χ1v) is 11.7. The molecule has 0 unspecified atom stereocenters. The maximum Gasteiger partial charge on any atom is 0.316 e. The van der Waals surface area contributed by atoms with E-state index in [4.69, 9.17) is 9.15 Å². The highest BCUT2D eigenvalue weighted by Crippen LogP contribution is 2.26. The molecule has 0 aliphatic carbocycles. The van der Waals surface area contributed by atoms with E-state index in [9.17, 15) is 14.0 Å². The number of thiazole rings is 1. The van der Waals surface area contributed by atoms with Gasteiger partial charge in [0, 0.05) is 17.5 Å². The van der Waals surface area contributed by atoms with Crippen molar-refractivity contribution in [3.63, 3.8) is 0 Å². The van der Waals surface area contributed by atoms with Crippen LogP contribution in [0.5, 0.6) is 0 Å². The third kappa shape index (κ3) is 5.65. The second-order valence-electron chi connectivity index (χ2n) is 6.57. The smallest absolute Gasteiger partial charge is 0.316 e. The topological polar surface area (TPSA) is 112 Å². The number of hydrogen-bond acceptors (Lipinski definition) is 9. The van der Waals surface area contributed by atoms with Crippen molar-refractivity contribution in [3.05, 3.63) is 53.9 Å². The summed E-state index contributed by atoms with van der Waals surface area (Å²) < 4.78 is 25.3. The van der Waals surface area contributed by atoms with Gasteiger partial charge in [-0.25, -0.2) is 9.37 Å². The summed E-state index contributed by atoms with van der Waals surface area (Å²) in [6, 6.07) is 9.42. The molecule has 0 saturated heterocycles. The van der Waals surface area contributed by atoms with Crippen molar-refractivity contribution < 1.29 is 23.1 Å². The summed E-state index contributed by atoms with van der Waals surface area (Å²) in [7, 11) is 0. The van der Waals surface area contributed by atoms with Crippen molar-refractivity contribution in [1.82, 2.24) is 19.7 Å². The number of rotatable bonds is 9. The second-order valence-corrected chi connectivity index (χ2v) is 8.37. The van der Waals surface area contributed by atoms with Gasteiger partial charge in [-0.2, -0.15) is 0 Å². The number of hydrogen-bond donors (Lipinski definition) is 1. The number of carbonyl (C=O) groups excluding carboxylic acids is 2. The molecule has 12 heteroatoms. The first-order chi connectivity index (χ1) is 16.0. The van der Waals surface area contributed by atoms with Gasteiger partial charge >= 0.3 is 5.97 Å². The monoisotopic (exact) mass is 487 g/mol. The number of nitrogens with zero attached hydrogens (tertiary/aromatic N) is 4. The number of benzene rings is 1. The molecule has 0 saturated carbocycles. The van der Waals surface area contributed by atoms with Gasteiger partial charge in [-0.15, -0.1) is 21.5 Å². The Morgan fingerprint density at radius 1 is 1.24 bits per heavy atom. The van der Waals surface area contributed by atoms with Gasteiger partial charge in [0.1, 0.15) is 5.82 Å². The molecule has 9 nitrogen and oxygen atoms in total. The largest absolute Gasteiger partial charge is 0.461 e. The molecule has 0 aliphatic heterocycles. The SMILES string of the molecule is CCn1c(SCC(=O)OCC(=O)Nc2nc(-c3ccc(F)cc3)cs2)nnc1-c1ccco1. The molecule has 0 atom stereocenters. The second kappa shape index (κ2) is 10.4. The Labute approximate surface area is 196 Å². The van der Waals surface area contributed by atoms with Crippen LogP contribution in [0.15, 0.2) is 57.6 Å². The number of ether oxygens (including phenoxy) is 1. The average Bonchev–Trinajstić information content (AvgIpc) is 3.57. The lowest BCUT2D eigenvalue weighted by Crippen LogP contribution is -2.21. The minimum Gasteiger partial charge on any atom is -0.461 e. The van der Waals surface area contributed by atoms with E-state index >= 15 is 0 Å². The third-order valence-corrected chi connectivity index (χ3v) is 6.05. The zero-order valence-corrected chi connectivity index (χ0v) is 19.0. The van der Waals surface area contributed by atoms with Gasteiger partial charge in [0.15, 0.2) is 28.5 Å². The highest BCUT2D eigenvalue weighted by molar-refractivity contribution is 7.99. The van der Waals surface area contributed by atoms with E-state index in [2.05, 4.69) is 20.5 Å². The van der Waals surface area contributed by atoms with Crippen LogP contribution in [-0.4, -0.2) is 44.0 Å². The highest BCUT2D eigenvalue weighted by Gasteiger charge is 2.17. The number of thioether (sulfide) groups is 1. The zero-order chi connectivity index (χ0) is 23.2. The van der Waals surface area contributed by atoms with Crippen LogP contribution in [0.1, 0.15) is 6.92 Å². The van der Waals surface area contributed by atoms with Crippen LogP contribution in [0.2, 0.25) is 0 Å². The van der Waals surface area contributed by atoms with Crippen LogP contribution in [-0.2, 0) is 20.9 Å². The Morgan fingerprint density at radius 2 is 2.06 bits per heavy atom. The summed E-state index contributed by atoms with van der Waals surface area (Å²) in [5, 5.41) is 13.4. The molecule has 3 aromatic heterocycles. The molecule has 170 valence electrons. The van der Waals surface area contributed by atoms with Crippen molar-refractivity contribution >= 4 is 40.1 Å². The van der Waals surface area contributed by atoms with Crippen LogP contribution in [0.3, 0.4) is 0 Å². The molecule has 0 radical (unpaired) electrons. The average molecular weight is 488 g/mol. The summed E-state index contributed by atoms with van der Waals surface area (Å²) >= 11 is 2.38. The van der Waals surface area contributed by atoms with Gasteiger partial charge < -0.3 is 9.15 Å². The predicted octanol–water partition coefficient (Wildman–Crippen LogP) is 4.09. The fourth-order valence-corrected chi connectivity index (χ4v) is 4.36. The maximum atomic E-state index is 13.0. The van der Waals surface area contributed by atoms with Gasteiger partial charge in [-0.05, 0) is 43.3 Å². The van der Waals surface area contributed by atoms with E-state index in [-0.39, 0.29) is 11.6 Å². The van der Waals surface area contributed by atoms with E-state index in [0.717, 1.165) is 17.3 Å². The fraction of sp³-hybridized carbons (Fsp3) is 0.190. The predicted molar refractivity (Wildman–Crippen MR) is 121 cm³/mol. The number of halogens is 1. The van der Waals surface area contributed by atoms with Gasteiger partial charge in [-0.1, -0.05) is 11.8 Å². The molecule has 33 heavy (non-hydrogen) atoms. The minimum atomic E-state index is -0.563. The number of furan rings is 1. The van der Waals surface area contributed by atoms with Crippen molar-refractivity contribution in [3.8, 4) is 22.8 Å². The van der Waals surface area contributed by atoms with E-state index in [1.807, 2.05) is 11.5 Å². The van der Waals surface area contributed by atoms with E-state index in [1.54, 1.807) is 35.9 Å². The van der Waals surface area contributed by atoms with E-state index in [0.29, 0.717) is 34.1 Å². The molecular formula is C21H18FN5O4S2. The molecule has 4 rings (SSSR count). The Balaban J connectivity index is 1.25. The molecular weight excluding hydrogens is 469 g/mol. The summed E-state index contributed by atoms with van der Waals surface area (Å²) in [5.74, 6) is -0.288. The molecule has 0 spiro atoms. The maximum absolute atomic E-state index is 13.0. The molecule has 0 fully saturated rings. The third-order valence-electron chi connectivity index (χ3n) is 4.35. The summed E-state index contributed by atoms with van der Waals surface area (Å²) in [4.78, 5) is 28.5. The molecule has 1 N–H and O–H groups in total. The van der Waals surface area contributed by atoms with Crippen LogP contribution in [0.4, 0.5) is 9.52 Å². The number of esters is 1. The Kier molecular flexibility index (Phi) is 7.15. The summed E-state index contributed by atoms with van der Waals surface area (Å²) in [6.45, 7) is 2.09. The lowest BCUT2D eigenvalue weighted by molar-refractivity contribution is -0.144. The minimum absolute atomic E-state index is 0.0322. The standard InChI is InChI=1S/C21H18FN5O4S2/c1-2-27-19(16-4-3-9-30-16)25-26-21(27)33-12-18(29)31-10-17(28)24-20-23-15(11-32-20)13-5-7-14(22)8-6-13/h3-9,11H,2,10,12H2,1H3,(H,23,24,28). The first kappa shape index (κ1) is 22.7. The molecule has 0 aliphatic rings. The number of anilines is 1. The van der Waals surface area contributed by atoms with Crippen LogP contribution in [0, 0.1) is 5.82 Å². The Morgan fingerprint density at radius 3 is 2.79 bits per heavy atom.